The first-order chi connectivity index (χ1) is 9.29. The molecule has 0 saturated carbocycles. The maximum absolute atomic E-state index is 5.98. The van der Waals surface area contributed by atoms with Gasteiger partial charge in [-0.2, -0.15) is 0 Å². The molecule has 1 aliphatic carbocycles. The molecular weight excluding hydrogens is 238 g/mol. The zero-order valence-corrected chi connectivity index (χ0v) is 12.4. The number of hydrogen-bond donors (Lipinski definition) is 1. The first-order valence-corrected chi connectivity index (χ1v) is 7.88. The largest absolute Gasteiger partial charge is 0.378 e. The van der Waals surface area contributed by atoms with Crippen molar-refractivity contribution in [2.45, 2.75) is 51.7 Å². The number of allylic oxidation sites excluding steroid dienone is 2. The monoisotopic (exact) mass is 267 g/mol. The molecule has 1 N–H and O–H groups in total. The average molecular weight is 267 g/mol. The van der Waals surface area contributed by atoms with Crippen LogP contribution in [0.25, 0.3) is 0 Å². The molecule has 1 heterocycles. The molecule has 0 aromatic rings. The number of nitrogens with one attached hydrogen (secondary N) is 1. The SMILES string of the molecule is CCNCC1CCC(COCC2CC=CCC2C)O1. The molecule has 3 nitrogen and oxygen atoms in total. The van der Waals surface area contributed by atoms with Crippen molar-refractivity contribution < 1.29 is 9.47 Å². The topological polar surface area (TPSA) is 30.5 Å². The number of likely N-dealkylation sites (N-methyl/N-ethyl adjacent to an activating group) is 1. The van der Waals surface area contributed by atoms with Gasteiger partial charge in [-0.05, 0) is 44.1 Å². The lowest BCUT2D eigenvalue weighted by Gasteiger charge is -2.25. The Morgan fingerprint density at radius 2 is 1.95 bits per heavy atom. The second-order valence-corrected chi connectivity index (χ2v) is 5.98. The van der Waals surface area contributed by atoms with Gasteiger partial charge in [0.15, 0.2) is 0 Å². The smallest absolute Gasteiger partial charge is 0.0813 e. The van der Waals surface area contributed by atoms with Gasteiger partial charge in [-0.15, -0.1) is 0 Å². The van der Waals surface area contributed by atoms with Gasteiger partial charge in [0.05, 0.1) is 25.4 Å². The molecule has 0 aromatic heterocycles. The summed E-state index contributed by atoms with van der Waals surface area (Å²) in [6, 6.07) is 0. The first kappa shape index (κ1) is 15.0. The summed E-state index contributed by atoms with van der Waals surface area (Å²) in [6.07, 6.45) is 10.0. The molecule has 1 aliphatic heterocycles. The van der Waals surface area contributed by atoms with Crippen LogP contribution in [0.3, 0.4) is 0 Å². The summed E-state index contributed by atoms with van der Waals surface area (Å²) in [5.41, 5.74) is 0. The van der Waals surface area contributed by atoms with Crippen molar-refractivity contribution in [2.75, 3.05) is 26.3 Å². The van der Waals surface area contributed by atoms with Crippen LogP contribution in [0.15, 0.2) is 12.2 Å². The molecule has 1 saturated heterocycles. The van der Waals surface area contributed by atoms with Crippen LogP contribution < -0.4 is 5.32 Å². The molecule has 0 bridgehead atoms. The Hall–Kier alpha value is -0.380. The summed E-state index contributed by atoms with van der Waals surface area (Å²) >= 11 is 0. The van der Waals surface area contributed by atoms with Crippen LogP contribution >= 0.6 is 0 Å². The highest BCUT2D eigenvalue weighted by molar-refractivity contribution is 4.93. The Morgan fingerprint density at radius 1 is 1.16 bits per heavy atom. The lowest BCUT2D eigenvalue weighted by molar-refractivity contribution is -0.0261. The zero-order chi connectivity index (χ0) is 13.5. The van der Waals surface area contributed by atoms with Crippen molar-refractivity contribution in [3.8, 4) is 0 Å². The van der Waals surface area contributed by atoms with E-state index in [-0.39, 0.29) is 0 Å². The molecule has 1 fully saturated rings. The predicted molar refractivity (Wildman–Crippen MR) is 78.3 cm³/mol. The van der Waals surface area contributed by atoms with E-state index in [4.69, 9.17) is 9.47 Å². The third kappa shape index (κ3) is 4.90. The highest BCUT2D eigenvalue weighted by Crippen LogP contribution is 2.26. The molecule has 0 amide bonds. The maximum Gasteiger partial charge on any atom is 0.0813 e. The van der Waals surface area contributed by atoms with E-state index in [2.05, 4.69) is 31.3 Å². The van der Waals surface area contributed by atoms with Crippen LogP contribution in [-0.2, 0) is 9.47 Å². The molecule has 2 rings (SSSR count). The first-order valence-electron chi connectivity index (χ1n) is 7.88. The van der Waals surface area contributed by atoms with Crippen LogP contribution in [0.2, 0.25) is 0 Å². The minimum Gasteiger partial charge on any atom is -0.378 e. The van der Waals surface area contributed by atoms with Crippen LogP contribution in [0.1, 0.15) is 39.5 Å². The Kier molecular flexibility index (Phi) is 6.35. The van der Waals surface area contributed by atoms with Crippen molar-refractivity contribution in [3.05, 3.63) is 12.2 Å². The molecule has 110 valence electrons. The predicted octanol–water partition coefficient (Wildman–Crippen LogP) is 2.76. The van der Waals surface area contributed by atoms with Crippen molar-refractivity contribution in [3.63, 3.8) is 0 Å². The van der Waals surface area contributed by atoms with E-state index in [9.17, 15) is 0 Å². The Morgan fingerprint density at radius 3 is 2.74 bits per heavy atom. The maximum atomic E-state index is 5.98. The Balaban J connectivity index is 1.57. The van der Waals surface area contributed by atoms with E-state index in [0.29, 0.717) is 18.1 Å². The lowest BCUT2D eigenvalue weighted by atomic mass is 9.85. The second kappa shape index (κ2) is 8.03. The van der Waals surface area contributed by atoms with E-state index < -0.39 is 0 Å². The molecule has 0 spiro atoms. The van der Waals surface area contributed by atoms with E-state index >= 15 is 0 Å². The van der Waals surface area contributed by atoms with Gasteiger partial charge in [0.1, 0.15) is 0 Å². The molecule has 2 aliphatic rings. The summed E-state index contributed by atoms with van der Waals surface area (Å²) in [7, 11) is 0. The average Bonchev–Trinajstić information content (AvgIpc) is 2.86. The lowest BCUT2D eigenvalue weighted by Crippen LogP contribution is -2.28. The summed E-state index contributed by atoms with van der Waals surface area (Å²) in [5.74, 6) is 1.46. The second-order valence-electron chi connectivity index (χ2n) is 5.98. The summed E-state index contributed by atoms with van der Waals surface area (Å²) in [6.45, 7) is 8.13. The fraction of sp³-hybridized carbons (Fsp3) is 0.875. The van der Waals surface area contributed by atoms with Gasteiger partial charge >= 0.3 is 0 Å². The van der Waals surface area contributed by atoms with Gasteiger partial charge in [0.2, 0.25) is 0 Å². The minimum atomic E-state index is 0.318. The third-order valence-corrected chi connectivity index (χ3v) is 4.37. The van der Waals surface area contributed by atoms with Crippen molar-refractivity contribution >= 4 is 0 Å². The van der Waals surface area contributed by atoms with Gasteiger partial charge in [0, 0.05) is 6.54 Å². The number of hydrogen-bond acceptors (Lipinski definition) is 3. The molecule has 0 aromatic carbocycles. The van der Waals surface area contributed by atoms with E-state index in [1.807, 2.05) is 0 Å². The van der Waals surface area contributed by atoms with E-state index in [0.717, 1.165) is 38.6 Å². The number of rotatable bonds is 7. The molecule has 4 unspecified atom stereocenters. The minimum absolute atomic E-state index is 0.318. The van der Waals surface area contributed by atoms with Gasteiger partial charge in [-0.25, -0.2) is 0 Å². The fourth-order valence-corrected chi connectivity index (χ4v) is 2.95. The van der Waals surface area contributed by atoms with Gasteiger partial charge < -0.3 is 14.8 Å². The van der Waals surface area contributed by atoms with Crippen molar-refractivity contribution in [1.82, 2.24) is 5.32 Å². The Bertz CT molecular complexity index is 280. The standard InChI is InChI=1S/C16H29NO2/c1-3-17-10-15-8-9-16(19-15)12-18-11-14-7-5-4-6-13(14)2/h4-5,13-17H,3,6-12H2,1-2H3. The van der Waals surface area contributed by atoms with Gasteiger partial charge in [0.25, 0.3) is 0 Å². The van der Waals surface area contributed by atoms with E-state index in [1.54, 1.807) is 0 Å². The van der Waals surface area contributed by atoms with Crippen molar-refractivity contribution in [1.29, 1.82) is 0 Å². The van der Waals surface area contributed by atoms with Gasteiger partial charge in [-0.3, -0.25) is 0 Å². The third-order valence-electron chi connectivity index (χ3n) is 4.37. The zero-order valence-electron chi connectivity index (χ0n) is 12.4. The highest BCUT2D eigenvalue weighted by Gasteiger charge is 2.25. The Labute approximate surface area is 117 Å². The summed E-state index contributed by atoms with van der Waals surface area (Å²) < 4.78 is 11.9. The van der Waals surface area contributed by atoms with E-state index in [1.165, 1.54) is 19.3 Å². The summed E-state index contributed by atoms with van der Waals surface area (Å²) in [5, 5.41) is 3.35. The molecule has 0 radical (unpaired) electrons. The fourth-order valence-electron chi connectivity index (χ4n) is 2.95. The quantitative estimate of drug-likeness (QED) is 0.720. The summed E-state index contributed by atoms with van der Waals surface area (Å²) in [4.78, 5) is 0. The van der Waals surface area contributed by atoms with Crippen LogP contribution in [-0.4, -0.2) is 38.5 Å². The normalized spacial score (nSPS) is 34.8. The highest BCUT2D eigenvalue weighted by atomic mass is 16.5. The van der Waals surface area contributed by atoms with Crippen LogP contribution in [0.5, 0.6) is 0 Å². The molecular formula is C16H29NO2. The van der Waals surface area contributed by atoms with Crippen LogP contribution in [0, 0.1) is 11.8 Å². The molecule has 3 heteroatoms. The number of ether oxygens (including phenoxy) is 2. The van der Waals surface area contributed by atoms with Gasteiger partial charge in [-0.1, -0.05) is 26.0 Å². The molecule has 19 heavy (non-hydrogen) atoms. The van der Waals surface area contributed by atoms with Crippen LogP contribution in [0.4, 0.5) is 0 Å². The molecule has 4 atom stereocenters. The van der Waals surface area contributed by atoms with Crippen molar-refractivity contribution in [2.24, 2.45) is 11.8 Å².